The van der Waals surface area contributed by atoms with Crippen LogP contribution in [-0.4, -0.2) is 80.5 Å². The zero-order valence-electron chi connectivity index (χ0n) is 27.5. The molecule has 13 heteroatoms. The number of aromatic nitrogens is 5. The van der Waals surface area contributed by atoms with Gasteiger partial charge >= 0.3 is 0 Å². The number of hydrogen-bond acceptors (Lipinski definition) is 8. The van der Waals surface area contributed by atoms with Gasteiger partial charge in [-0.3, -0.25) is 19.1 Å². The summed E-state index contributed by atoms with van der Waals surface area (Å²) in [5, 5.41) is 15.3. The van der Waals surface area contributed by atoms with Crippen molar-refractivity contribution in [3.63, 3.8) is 0 Å². The minimum absolute atomic E-state index is 0.0664. The number of fused-ring (bicyclic) bond motifs is 3. The van der Waals surface area contributed by atoms with Crippen LogP contribution >= 0.6 is 0 Å². The zero-order valence-corrected chi connectivity index (χ0v) is 27.5. The molecular weight excluding hydrogens is 600 g/mol. The van der Waals surface area contributed by atoms with Crippen molar-refractivity contribution in [2.24, 2.45) is 5.92 Å². The molecule has 248 valence electrons. The molecule has 0 spiro atoms. The first-order valence-corrected chi connectivity index (χ1v) is 15.9. The molecule has 2 aromatic heterocycles. The fourth-order valence-electron chi connectivity index (χ4n) is 5.45. The van der Waals surface area contributed by atoms with Gasteiger partial charge in [0.15, 0.2) is 23.1 Å². The van der Waals surface area contributed by atoms with Crippen LogP contribution in [0.15, 0.2) is 54.7 Å². The van der Waals surface area contributed by atoms with Crippen LogP contribution in [0.25, 0.3) is 11.4 Å². The van der Waals surface area contributed by atoms with E-state index >= 15 is 0 Å². The van der Waals surface area contributed by atoms with Crippen molar-refractivity contribution in [3.05, 3.63) is 77.4 Å². The molecule has 3 amide bonds. The van der Waals surface area contributed by atoms with Gasteiger partial charge < -0.3 is 25.0 Å². The van der Waals surface area contributed by atoms with Crippen molar-refractivity contribution < 1.29 is 23.9 Å². The first-order chi connectivity index (χ1) is 22.7. The van der Waals surface area contributed by atoms with Gasteiger partial charge in [-0.25, -0.2) is 9.67 Å². The smallest absolute Gasteiger partial charge is 0.257 e. The molecule has 47 heavy (non-hydrogen) atoms. The lowest BCUT2D eigenvalue weighted by atomic mass is 10.0. The number of aryl methyl sites for hydroxylation is 2. The standard InChI is InChI=1S/C34H42N8O5/c1-6-15-41-20-26(23(4)38-41)34(45)40-16-14-35-33(44)25-12-13-27(46-5)28(19-25)47-18-17-42-32(30(22(2)3)36-29(43)21-40)37-31(39-42)24-10-8-7-9-11-24/h7-13,19-20,22,30H,6,14-18,21H2,1-5H3,(H,35,44)(H,36,43)/t30-/m1/s1. The number of hydrogen-bond donors (Lipinski definition) is 2. The molecule has 5 rings (SSSR count). The van der Waals surface area contributed by atoms with Gasteiger partial charge in [-0.1, -0.05) is 51.1 Å². The minimum atomic E-state index is -0.522. The lowest BCUT2D eigenvalue weighted by Gasteiger charge is -2.26. The van der Waals surface area contributed by atoms with Crippen molar-refractivity contribution in [2.75, 3.05) is 33.4 Å². The molecule has 0 fully saturated rings. The summed E-state index contributed by atoms with van der Waals surface area (Å²) in [5.41, 5.74) is 2.18. The monoisotopic (exact) mass is 642 g/mol. The van der Waals surface area contributed by atoms with E-state index in [4.69, 9.17) is 19.6 Å². The van der Waals surface area contributed by atoms with Crippen LogP contribution in [0.2, 0.25) is 0 Å². The van der Waals surface area contributed by atoms with E-state index in [1.807, 2.05) is 51.1 Å². The van der Waals surface area contributed by atoms with Crippen LogP contribution < -0.4 is 20.1 Å². The predicted octanol–water partition coefficient (Wildman–Crippen LogP) is 3.65. The first-order valence-electron chi connectivity index (χ1n) is 15.9. The summed E-state index contributed by atoms with van der Waals surface area (Å²) < 4.78 is 15.1. The van der Waals surface area contributed by atoms with Crippen LogP contribution in [0.4, 0.5) is 0 Å². The summed E-state index contributed by atoms with van der Waals surface area (Å²) in [6, 6.07) is 14.0. The third-order valence-corrected chi connectivity index (χ3v) is 7.90. The number of rotatable bonds is 6. The summed E-state index contributed by atoms with van der Waals surface area (Å²) in [7, 11) is 1.54. The molecule has 13 nitrogen and oxygen atoms in total. The molecule has 2 bridgehead atoms. The number of benzene rings is 2. The Morgan fingerprint density at radius 3 is 2.60 bits per heavy atom. The van der Waals surface area contributed by atoms with E-state index in [1.54, 1.807) is 40.7 Å². The van der Waals surface area contributed by atoms with E-state index in [0.29, 0.717) is 53.1 Å². The van der Waals surface area contributed by atoms with Gasteiger partial charge in [0.1, 0.15) is 6.61 Å². The number of methoxy groups -OCH3 is 1. The molecule has 2 aromatic carbocycles. The molecule has 3 heterocycles. The Bertz CT molecular complexity index is 1710. The van der Waals surface area contributed by atoms with E-state index in [-0.39, 0.29) is 49.9 Å². The largest absolute Gasteiger partial charge is 0.493 e. The maximum absolute atomic E-state index is 13.9. The molecular formula is C34H42N8O5. The fourth-order valence-corrected chi connectivity index (χ4v) is 5.45. The SMILES string of the molecule is CCCn1cc(C(=O)N2CCNC(=O)c3ccc(OC)c(c3)OCCn3nc(-c4ccccc4)nc3[C@@H](C(C)C)NC(=O)C2)c(C)n1. The van der Waals surface area contributed by atoms with Gasteiger partial charge in [-0.2, -0.15) is 10.2 Å². The molecule has 1 aliphatic heterocycles. The quantitative estimate of drug-likeness (QED) is 0.324. The molecule has 0 unspecified atom stereocenters. The average Bonchev–Trinajstić information content (AvgIpc) is 3.65. The highest BCUT2D eigenvalue weighted by molar-refractivity contribution is 5.97. The van der Waals surface area contributed by atoms with Crippen molar-refractivity contribution in [1.29, 1.82) is 0 Å². The fraction of sp³-hybridized carbons (Fsp3) is 0.412. The van der Waals surface area contributed by atoms with Gasteiger partial charge in [0.05, 0.1) is 37.5 Å². The van der Waals surface area contributed by atoms with Gasteiger partial charge in [0.2, 0.25) is 5.91 Å². The van der Waals surface area contributed by atoms with Gasteiger partial charge in [-0.15, -0.1) is 0 Å². The Hall–Kier alpha value is -5.20. The minimum Gasteiger partial charge on any atom is -0.493 e. The molecule has 0 saturated carbocycles. The molecule has 0 radical (unpaired) electrons. The third-order valence-electron chi connectivity index (χ3n) is 7.90. The van der Waals surface area contributed by atoms with Crippen LogP contribution in [0.1, 0.15) is 65.5 Å². The summed E-state index contributed by atoms with van der Waals surface area (Å²) in [6.07, 6.45) is 2.57. The van der Waals surface area contributed by atoms with E-state index in [2.05, 4.69) is 15.7 Å². The lowest BCUT2D eigenvalue weighted by Crippen LogP contribution is -2.46. The van der Waals surface area contributed by atoms with Crippen LogP contribution in [0, 0.1) is 12.8 Å². The Morgan fingerprint density at radius 1 is 1.09 bits per heavy atom. The number of nitrogens with one attached hydrogen (secondary N) is 2. The van der Waals surface area contributed by atoms with E-state index in [1.165, 1.54) is 12.0 Å². The van der Waals surface area contributed by atoms with Gasteiger partial charge in [0.25, 0.3) is 11.8 Å². The second kappa shape index (κ2) is 14.9. The van der Waals surface area contributed by atoms with E-state index < -0.39 is 6.04 Å². The first kappa shape index (κ1) is 33.2. The maximum Gasteiger partial charge on any atom is 0.257 e. The molecule has 2 N–H and O–H groups in total. The summed E-state index contributed by atoms with van der Waals surface area (Å²) >= 11 is 0. The third kappa shape index (κ3) is 7.79. The van der Waals surface area contributed by atoms with Gasteiger partial charge in [-0.05, 0) is 37.5 Å². The lowest BCUT2D eigenvalue weighted by molar-refractivity contribution is -0.123. The van der Waals surface area contributed by atoms with Crippen molar-refractivity contribution in [2.45, 2.75) is 53.2 Å². The van der Waals surface area contributed by atoms with Crippen LogP contribution in [-0.2, 0) is 17.9 Å². The molecule has 1 atom stereocenters. The van der Waals surface area contributed by atoms with Crippen molar-refractivity contribution in [1.82, 2.24) is 40.1 Å². The normalized spacial score (nSPS) is 16.1. The number of carbonyl (C=O) groups is 3. The zero-order chi connectivity index (χ0) is 33.5. The maximum atomic E-state index is 13.9. The predicted molar refractivity (Wildman–Crippen MR) is 175 cm³/mol. The summed E-state index contributed by atoms with van der Waals surface area (Å²) in [6.45, 7) is 8.93. The highest BCUT2D eigenvalue weighted by Crippen LogP contribution is 2.29. The molecule has 0 aliphatic carbocycles. The Balaban J connectivity index is 1.52. The Kier molecular flexibility index (Phi) is 10.5. The average molecular weight is 643 g/mol. The molecule has 0 saturated heterocycles. The van der Waals surface area contributed by atoms with E-state index in [0.717, 1.165) is 12.0 Å². The highest BCUT2D eigenvalue weighted by Gasteiger charge is 2.29. The summed E-state index contributed by atoms with van der Waals surface area (Å²) in [5.74, 6) is 0.832. The Labute approximate surface area is 274 Å². The van der Waals surface area contributed by atoms with Crippen molar-refractivity contribution >= 4 is 17.7 Å². The Morgan fingerprint density at radius 2 is 1.87 bits per heavy atom. The number of nitrogens with zero attached hydrogens (tertiary/aromatic N) is 6. The second-order valence-corrected chi connectivity index (χ2v) is 11.8. The topological polar surface area (TPSA) is 146 Å². The van der Waals surface area contributed by atoms with Crippen LogP contribution in [0.5, 0.6) is 11.5 Å². The van der Waals surface area contributed by atoms with Crippen LogP contribution in [0.3, 0.4) is 0 Å². The highest BCUT2D eigenvalue weighted by atomic mass is 16.5. The number of ether oxygens (including phenoxy) is 2. The molecule has 1 aliphatic rings. The summed E-state index contributed by atoms with van der Waals surface area (Å²) in [4.78, 5) is 47.1. The number of carbonyl (C=O) groups excluding carboxylic acids is 3. The molecule has 4 aromatic rings. The van der Waals surface area contributed by atoms with Gasteiger partial charge in [0, 0.05) is 37.0 Å². The number of amides is 3. The van der Waals surface area contributed by atoms with Crippen molar-refractivity contribution in [3.8, 4) is 22.9 Å². The second-order valence-electron chi connectivity index (χ2n) is 11.8. The van der Waals surface area contributed by atoms with E-state index in [9.17, 15) is 14.4 Å².